The summed E-state index contributed by atoms with van der Waals surface area (Å²) in [6.07, 6.45) is 6.81. The lowest BCUT2D eigenvalue weighted by Crippen LogP contribution is -2.47. The van der Waals surface area contributed by atoms with Crippen LogP contribution in [0, 0.1) is 5.82 Å². The second kappa shape index (κ2) is 15.0. The molecule has 1 aliphatic carbocycles. The summed E-state index contributed by atoms with van der Waals surface area (Å²) in [5.74, 6) is -0.0768. The Kier molecular flexibility index (Phi) is 10.1. The lowest BCUT2D eigenvalue weighted by molar-refractivity contribution is 0.0888. The smallest absolute Gasteiger partial charge is 0.267 e. The Bertz CT molecular complexity index is 2000. The minimum atomic E-state index is -0.672. The zero-order valence-electron chi connectivity index (χ0n) is 28.3. The first-order chi connectivity index (χ1) is 24.3. The van der Waals surface area contributed by atoms with Gasteiger partial charge >= 0.3 is 0 Å². The minimum Gasteiger partial charge on any atom is -0.457 e. The molecule has 2 fully saturated rings. The number of benzene rings is 3. The highest BCUT2D eigenvalue weighted by Gasteiger charge is 2.29. The number of aromatic nitrogens is 4. The zero-order valence-corrected chi connectivity index (χ0v) is 29.1. The molecule has 9 nitrogen and oxygen atoms in total. The van der Waals surface area contributed by atoms with Crippen LogP contribution < -0.4 is 15.6 Å². The molecule has 1 aliphatic heterocycles. The van der Waals surface area contributed by atoms with E-state index < -0.39 is 11.7 Å². The molecule has 3 heterocycles. The molecule has 2 aromatic heterocycles. The van der Waals surface area contributed by atoms with Crippen molar-refractivity contribution in [3.05, 3.63) is 111 Å². The summed E-state index contributed by atoms with van der Waals surface area (Å²) in [5, 5.41) is 20.3. The largest absolute Gasteiger partial charge is 0.457 e. The molecule has 0 unspecified atom stereocenters. The van der Waals surface area contributed by atoms with E-state index in [0.717, 1.165) is 47.1 Å². The van der Waals surface area contributed by atoms with Crippen molar-refractivity contribution in [1.82, 2.24) is 30.6 Å². The van der Waals surface area contributed by atoms with Crippen LogP contribution in [0.5, 0.6) is 11.5 Å². The van der Waals surface area contributed by atoms with Crippen LogP contribution >= 0.6 is 11.3 Å². The van der Waals surface area contributed by atoms with Gasteiger partial charge in [-0.1, -0.05) is 68.4 Å². The summed E-state index contributed by atoms with van der Waals surface area (Å²) in [7, 11) is 0. The van der Waals surface area contributed by atoms with Crippen molar-refractivity contribution in [3.8, 4) is 33.3 Å². The third-order valence-electron chi connectivity index (χ3n) is 9.70. The molecule has 11 heteroatoms. The van der Waals surface area contributed by atoms with Gasteiger partial charge in [0.15, 0.2) is 0 Å². The molecule has 50 heavy (non-hydrogen) atoms. The molecule has 1 saturated carbocycles. The van der Waals surface area contributed by atoms with Gasteiger partial charge in [0.2, 0.25) is 0 Å². The molecule has 5 aromatic rings. The number of rotatable bonds is 10. The highest BCUT2D eigenvalue weighted by atomic mass is 32.1. The van der Waals surface area contributed by atoms with Gasteiger partial charge in [-0.25, -0.2) is 9.49 Å². The number of piperidine rings is 1. The average Bonchev–Trinajstić information content (AvgIpc) is 3.85. The Hall–Kier alpha value is -4.74. The first-order valence-corrected chi connectivity index (χ1v) is 18.3. The highest BCUT2D eigenvalue weighted by Crippen LogP contribution is 2.33. The SMILES string of the molecule is CC(C)c1nnc(-c2ccc(Oc3cc(C(=O)NC4CCN(C5CCCC5)CC4)c(F)cc3Cc3cc(-c4ccccc4)n[nH]c3=O)cc2)s1. The average molecular weight is 693 g/mol. The van der Waals surface area contributed by atoms with Crippen LogP contribution in [0.4, 0.5) is 4.39 Å². The fourth-order valence-corrected chi connectivity index (χ4v) is 7.71. The Morgan fingerprint density at radius 3 is 2.40 bits per heavy atom. The van der Waals surface area contributed by atoms with Gasteiger partial charge in [0.25, 0.3) is 11.5 Å². The summed E-state index contributed by atoms with van der Waals surface area (Å²) in [4.78, 5) is 29.1. The maximum Gasteiger partial charge on any atom is 0.267 e. The second-order valence-corrected chi connectivity index (χ2v) is 14.5. The van der Waals surface area contributed by atoms with E-state index in [4.69, 9.17) is 4.74 Å². The van der Waals surface area contributed by atoms with Crippen molar-refractivity contribution in [2.75, 3.05) is 13.1 Å². The number of ether oxygens (including phenoxy) is 1. The summed E-state index contributed by atoms with van der Waals surface area (Å²) in [5.41, 5.74) is 2.66. The maximum absolute atomic E-state index is 15.9. The minimum absolute atomic E-state index is 0.0283. The van der Waals surface area contributed by atoms with Crippen LogP contribution in [-0.2, 0) is 6.42 Å². The van der Waals surface area contributed by atoms with Gasteiger partial charge in [-0.2, -0.15) is 5.10 Å². The van der Waals surface area contributed by atoms with Crippen LogP contribution in [-0.4, -0.2) is 56.4 Å². The van der Waals surface area contributed by atoms with E-state index in [1.54, 1.807) is 17.4 Å². The molecule has 2 aliphatic rings. The lowest BCUT2D eigenvalue weighted by atomic mass is 9.99. The molecule has 1 amide bonds. The topological polar surface area (TPSA) is 113 Å². The van der Waals surface area contributed by atoms with E-state index >= 15 is 4.39 Å². The van der Waals surface area contributed by atoms with Crippen LogP contribution in [0.1, 0.15) is 84.8 Å². The highest BCUT2D eigenvalue weighted by molar-refractivity contribution is 7.14. The lowest BCUT2D eigenvalue weighted by Gasteiger charge is -2.36. The first-order valence-electron chi connectivity index (χ1n) is 17.4. The molecule has 1 saturated heterocycles. The molecule has 7 rings (SSSR count). The van der Waals surface area contributed by atoms with E-state index in [0.29, 0.717) is 28.6 Å². The van der Waals surface area contributed by atoms with Crippen LogP contribution in [0.25, 0.3) is 21.8 Å². The third-order valence-corrected chi connectivity index (χ3v) is 11.0. The van der Waals surface area contributed by atoms with Gasteiger partial charge in [0, 0.05) is 59.8 Å². The molecule has 0 bridgehead atoms. The molecule has 3 aromatic carbocycles. The van der Waals surface area contributed by atoms with E-state index in [1.807, 2.05) is 54.6 Å². The summed E-state index contributed by atoms with van der Waals surface area (Å²) in [6, 6.07) is 22.0. The standard InChI is InChI=1S/C39H41FN6O3S/c1-24(2)38-44-45-39(50-38)26-12-14-31(15-13-26)49-35-23-32(37(48)41-29-16-18-46(19-17-29)30-10-6-7-11-30)33(40)21-27(35)20-28-22-34(42-43-36(28)47)25-8-4-3-5-9-25/h3-5,8-9,12-15,21-24,29-30H,6-7,10-11,16-20H2,1-2H3,(H,41,48)(H,43,47). The summed E-state index contributed by atoms with van der Waals surface area (Å²) in [6.45, 7) is 6.03. The van der Waals surface area contributed by atoms with Gasteiger partial charge in [0.1, 0.15) is 27.3 Å². The predicted molar refractivity (Wildman–Crippen MR) is 193 cm³/mol. The zero-order chi connectivity index (χ0) is 34.6. The fourth-order valence-electron chi connectivity index (χ4n) is 6.86. The number of H-pyrrole nitrogens is 1. The maximum atomic E-state index is 15.9. The number of amides is 1. The normalized spacial score (nSPS) is 15.8. The molecule has 0 atom stereocenters. The second-order valence-electron chi connectivity index (χ2n) is 13.5. The van der Waals surface area contributed by atoms with Crippen molar-refractivity contribution < 1.29 is 13.9 Å². The van der Waals surface area contributed by atoms with Crippen molar-refractivity contribution in [1.29, 1.82) is 0 Å². The van der Waals surface area contributed by atoms with Gasteiger partial charge in [0.05, 0.1) is 11.3 Å². The van der Waals surface area contributed by atoms with Crippen LogP contribution in [0.2, 0.25) is 0 Å². The Balaban J connectivity index is 1.15. The number of nitrogens with one attached hydrogen (secondary N) is 2. The number of carbonyl (C=O) groups excluding carboxylic acids is 1. The number of hydrogen-bond donors (Lipinski definition) is 2. The molecule has 258 valence electrons. The van der Waals surface area contributed by atoms with E-state index in [9.17, 15) is 9.59 Å². The van der Waals surface area contributed by atoms with Gasteiger partial charge in [-0.3, -0.25) is 9.59 Å². The number of halogens is 1. The predicted octanol–water partition coefficient (Wildman–Crippen LogP) is 7.74. The quantitative estimate of drug-likeness (QED) is 0.154. The summed E-state index contributed by atoms with van der Waals surface area (Å²) < 4.78 is 22.2. The molecular weight excluding hydrogens is 652 g/mol. The van der Waals surface area contributed by atoms with Crippen molar-refractivity contribution in [3.63, 3.8) is 0 Å². The number of nitrogens with zero attached hydrogens (tertiary/aromatic N) is 4. The summed E-state index contributed by atoms with van der Waals surface area (Å²) >= 11 is 1.55. The Morgan fingerprint density at radius 2 is 1.70 bits per heavy atom. The number of carbonyl (C=O) groups is 1. The third kappa shape index (κ3) is 7.69. The molecule has 2 N–H and O–H groups in total. The van der Waals surface area contributed by atoms with Crippen molar-refractivity contribution in [2.45, 2.75) is 76.8 Å². The van der Waals surface area contributed by atoms with Crippen molar-refractivity contribution >= 4 is 17.2 Å². The molecule has 0 spiro atoms. The van der Waals surface area contributed by atoms with Gasteiger partial charge < -0.3 is 15.0 Å². The van der Waals surface area contributed by atoms with Crippen LogP contribution in [0.15, 0.2) is 77.6 Å². The molecular formula is C39H41FN6O3S. The molecule has 0 radical (unpaired) electrons. The van der Waals surface area contributed by atoms with Crippen molar-refractivity contribution in [2.24, 2.45) is 0 Å². The first kappa shape index (κ1) is 33.7. The van der Waals surface area contributed by atoms with Gasteiger partial charge in [-0.05, 0) is 68.1 Å². The number of hydrogen-bond acceptors (Lipinski definition) is 8. The van der Waals surface area contributed by atoms with E-state index in [-0.39, 0.29) is 35.3 Å². The Morgan fingerprint density at radius 1 is 0.960 bits per heavy atom. The number of likely N-dealkylation sites (tertiary alicyclic amines) is 1. The van der Waals surface area contributed by atoms with Crippen LogP contribution in [0.3, 0.4) is 0 Å². The number of aromatic amines is 1. The Labute approximate surface area is 294 Å². The van der Waals surface area contributed by atoms with Gasteiger partial charge in [-0.15, -0.1) is 10.2 Å². The van der Waals surface area contributed by atoms with E-state index in [1.165, 1.54) is 37.8 Å². The monoisotopic (exact) mass is 692 g/mol. The fraction of sp³-hybridized carbons (Fsp3) is 0.359. The van der Waals surface area contributed by atoms with E-state index in [2.05, 4.69) is 44.5 Å².